The van der Waals surface area contributed by atoms with E-state index in [0.717, 1.165) is 31.4 Å². The summed E-state index contributed by atoms with van der Waals surface area (Å²) in [6.45, 7) is 4.70. The minimum absolute atomic E-state index is 0.329. The van der Waals surface area contributed by atoms with Crippen LogP contribution in [0.25, 0.3) is 0 Å². The fourth-order valence-corrected chi connectivity index (χ4v) is 1.43. The van der Waals surface area contributed by atoms with Crippen LogP contribution in [0.5, 0.6) is 0 Å². The van der Waals surface area contributed by atoms with Gasteiger partial charge in [0, 0.05) is 0 Å². The Morgan fingerprint density at radius 2 is 1.92 bits per heavy atom. The summed E-state index contributed by atoms with van der Waals surface area (Å²) in [7, 11) is -3.23. The van der Waals surface area contributed by atoms with Crippen LogP contribution >= 0.6 is 0 Å². The SMILES string of the molecule is CC[C@H](C)CCCCOS(C)(=O)=O. The van der Waals surface area contributed by atoms with E-state index in [0.29, 0.717) is 6.61 Å². The zero-order chi connectivity index (χ0) is 10.3. The fourth-order valence-electron chi connectivity index (χ4n) is 1.01. The van der Waals surface area contributed by atoms with Crippen LogP contribution < -0.4 is 0 Å². The van der Waals surface area contributed by atoms with E-state index in [9.17, 15) is 8.42 Å². The van der Waals surface area contributed by atoms with Gasteiger partial charge in [0.15, 0.2) is 0 Å². The van der Waals surface area contributed by atoms with Crippen molar-refractivity contribution in [3.05, 3.63) is 0 Å². The second-order valence-corrected chi connectivity index (χ2v) is 5.18. The summed E-state index contributed by atoms with van der Waals surface area (Å²) in [6, 6.07) is 0. The van der Waals surface area contributed by atoms with Gasteiger partial charge in [0.2, 0.25) is 0 Å². The molecule has 0 aliphatic heterocycles. The smallest absolute Gasteiger partial charge is 0.264 e. The van der Waals surface area contributed by atoms with Gasteiger partial charge in [0.05, 0.1) is 12.9 Å². The van der Waals surface area contributed by atoms with Crippen molar-refractivity contribution in [1.82, 2.24) is 0 Å². The molecule has 0 aromatic carbocycles. The van der Waals surface area contributed by atoms with Crippen molar-refractivity contribution in [2.24, 2.45) is 5.92 Å². The normalized spacial score (nSPS) is 14.4. The molecule has 0 unspecified atom stereocenters. The average molecular weight is 208 g/mol. The van der Waals surface area contributed by atoms with Crippen LogP contribution in [-0.2, 0) is 14.3 Å². The van der Waals surface area contributed by atoms with E-state index in [1.807, 2.05) is 0 Å². The molecule has 0 aromatic rings. The molecule has 0 aliphatic rings. The van der Waals surface area contributed by atoms with E-state index in [2.05, 4.69) is 18.0 Å². The van der Waals surface area contributed by atoms with E-state index in [1.165, 1.54) is 6.42 Å². The van der Waals surface area contributed by atoms with Crippen molar-refractivity contribution in [3.8, 4) is 0 Å². The van der Waals surface area contributed by atoms with E-state index in [1.54, 1.807) is 0 Å². The minimum Gasteiger partial charge on any atom is -0.270 e. The second-order valence-electron chi connectivity index (χ2n) is 3.54. The number of hydrogen-bond donors (Lipinski definition) is 0. The summed E-state index contributed by atoms with van der Waals surface area (Å²) >= 11 is 0. The van der Waals surface area contributed by atoms with Gasteiger partial charge in [-0.05, 0) is 12.3 Å². The summed E-state index contributed by atoms with van der Waals surface area (Å²) in [5.74, 6) is 0.734. The van der Waals surface area contributed by atoms with Crippen LogP contribution in [0.15, 0.2) is 0 Å². The zero-order valence-corrected chi connectivity index (χ0v) is 9.56. The lowest BCUT2D eigenvalue weighted by Crippen LogP contribution is -2.04. The van der Waals surface area contributed by atoms with Crippen molar-refractivity contribution >= 4 is 10.1 Å². The summed E-state index contributed by atoms with van der Waals surface area (Å²) in [5.41, 5.74) is 0. The number of rotatable bonds is 7. The Kier molecular flexibility index (Phi) is 6.33. The van der Waals surface area contributed by atoms with Gasteiger partial charge in [-0.15, -0.1) is 0 Å². The molecule has 0 radical (unpaired) electrons. The van der Waals surface area contributed by atoms with Gasteiger partial charge in [-0.2, -0.15) is 8.42 Å². The third kappa shape index (κ3) is 9.83. The van der Waals surface area contributed by atoms with Gasteiger partial charge in [-0.25, -0.2) is 0 Å². The van der Waals surface area contributed by atoms with Crippen LogP contribution in [0.2, 0.25) is 0 Å². The van der Waals surface area contributed by atoms with Crippen LogP contribution in [0.4, 0.5) is 0 Å². The highest BCUT2D eigenvalue weighted by Gasteiger charge is 2.02. The van der Waals surface area contributed by atoms with Crippen molar-refractivity contribution in [2.75, 3.05) is 12.9 Å². The van der Waals surface area contributed by atoms with E-state index in [4.69, 9.17) is 0 Å². The van der Waals surface area contributed by atoms with Gasteiger partial charge >= 0.3 is 0 Å². The lowest BCUT2D eigenvalue weighted by Gasteiger charge is -2.06. The molecule has 13 heavy (non-hydrogen) atoms. The molecule has 0 bridgehead atoms. The third-order valence-corrected chi connectivity index (χ3v) is 2.68. The van der Waals surface area contributed by atoms with Crippen LogP contribution in [-0.4, -0.2) is 21.3 Å². The maximum Gasteiger partial charge on any atom is 0.264 e. The van der Waals surface area contributed by atoms with Gasteiger partial charge in [0.1, 0.15) is 0 Å². The predicted octanol–water partition coefficient (Wildman–Crippen LogP) is 2.18. The Labute approximate surface area is 81.6 Å². The molecule has 1 atom stereocenters. The molecule has 0 amide bonds. The lowest BCUT2D eigenvalue weighted by atomic mass is 10.0. The van der Waals surface area contributed by atoms with Crippen molar-refractivity contribution in [2.45, 2.75) is 39.5 Å². The van der Waals surface area contributed by atoms with E-state index in [-0.39, 0.29) is 0 Å². The van der Waals surface area contributed by atoms with Crippen LogP contribution in [0.3, 0.4) is 0 Å². The topological polar surface area (TPSA) is 43.4 Å². The maximum absolute atomic E-state index is 10.6. The third-order valence-electron chi connectivity index (χ3n) is 2.09. The molecule has 0 rings (SSSR count). The van der Waals surface area contributed by atoms with E-state index >= 15 is 0 Å². The molecule has 0 aliphatic carbocycles. The molecule has 80 valence electrons. The molecule has 0 spiro atoms. The summed E-state index contributed by atoms with van der Waals surface area (Å²) in [6.07, 6.45) is 5.31. The highest BCUT2D eigenvalue weighted by atomic mass is 32.2. The van der Waals surface area contributed by atoms with Crippen molar-refractivity contribution < 1.29 is 12.6 Å². The van der Waals surface area contributed by atoms with Crippen molar-refractivity contribution in [1.29, 1.82) is 0 Å². The first-order valence-electron chi connectivity index (χ1n) is 4.80. The Hall–Kier alpha value is -0.0900. The fraction of sp³-hybridized carbons (Fsp3) is 1.00. The minimum atomic E-state index is -3.23. The van der Waals surface area contributed by atoms with Crippen LogP contribution in [0, 0.1) is 5.92 Å². The van der Waals surface area contributed by atoms with Gasteiger partial charge in [-0.1, -0.05) is 33.1 Å². The largest absolute Gasteiger partial charge is 0.270 e. The van der Waals surface area contributed by atoms with Gasteiger partial charge in [0.25, 0.3) is 10.1 Å². The molecule has 0 fully saturated rings. The average Bonchev–Trinajstić information content (AvgIpc) is 2.01. The molecule has 0 heterocycles. The lowest BCUT2D eigenvalue weighted by molar-refractivity contribution is 0.305. The van der Waals surface area contributed by atoms with Crippen LogP contribution in [0.1, 0.15) is 39.5 Å². The molecule has 0 aromatic heterocycles. The first kappa shape index (κ1) is 12.9. The maximum atomic E-state index is 10.6. The Morgan fingerprint density at radius 1 is 1.31 bits per heavy atom. The van der Waals surface area contributed by atoms with E-state index < -0.39 is 10.1 Å². The Bertz CT molecular complexity index is 209. The Balaban J connectivity index is 3.27. The molecule has 0 saturated heterocycles. The van der Waals surface area contributed by atoms with Gasteiger partial charge in [-0.3, -0.25) is 4.18 Å². The molecular formula is C9H20O3S. The molecular weight excluding hydrogens is 188 g/mol. The first-order chi connectivity index (χ1) is 5.95. The number of hydrogen-bond acceptors (Lipinski definition) is 3. The molecule has 0 saturated carbocycles. The molecule has 3 nitrogen and oxygen atoms in total. The highest BCUT2D eigenvalue weighted by Crippen LogP contribution is 2.10. The second kappa shape index (κ2) is 6.38. The monoisotopic (exact) mass is 208 g/mol. The number of unbranched alkanes of at least 4 members (excludes halogenated alkanes) is 1. The van der Waals surface area contributed by atoms with Crippen molar-refractivity contribution in [3.63, 3.8) is 0 Å². The predicted molar refractivity (Wildman–Crippen MR) is 54.1 cm³/mol. The summed E-state index contributed by atoms with van der Waals surface area (Å²) in [5, 5.41) is 0. The summed E-state index contributed by atoms with van der Waals surface area (Å²) < 4.78 is 25.7. The first-order valence-corrected chi connectivity index (χ1v) is 6.61. The molecule has 4 heteroatoms. The van der Waals surface area contributed by atoms with Gasteiger partial charge < -0.3 is 0 Å². The summed E-state index contributed by atoms with van der Waals surface area (Å²) in [4.78, 5) is 0. The molecule has 0 N–H and O–H groups in total. The quantitative estimate of drug-likeness (QED) is 0.476. The Morgan fingerprint density at radius 3 is 2.38 bits per heavy atom. The standard InChI is InChI=1S/C9H20O3S/c1-4-9(2)7-5-6-8-12-13(3,10)11/h9H,4-8H2,1-3H3/t9-/m0/s1. The zero-order valence-electron chi connectivity index (χ0n) is 8.75. The highest BCUT2D eigenvalue weighted by molar-refractivity contribution is 7.85.